The van der Waals surface area contributed by atoms with Crippen molar-refractivity contribution in [3.8, 4) is 0 Å². The van der Waals surface area contributed by atoms with Crippen molar-refractivity contribution in [2.24, 2.45) is 0 Å². The number of rotatable bonds is 4. The summed E-state index contributed by atoms with van der Waals surface area (Å²) in [6.45, 7) is 3.94. The summed E-state index contributed by atoms with van der Waals surface area (Å²) in [5.41, 5.74) is 2.56. The van der Waals surface area contributed by atoms with E-state index in [-0.39, 0.29) is 11.4 Å². The van der Waals surface area contributed by atoms with Crippen LogP contribution in [-0.2, 0) is 16.6 Å². The van der Waals surface area contributed by atoms with Crippen molar-refractivity contribution in [2.45, 2.75) is 25.3 Å². The summed E-state index contributed by atoms with van der Waals surface area (Å²) in [7, 11) is -3.53. The van der Waals surface area contributed by atoms with E-state index >= 15 is 0 Å². The predicted molar refractivity (Wildman–Crippen MR) is 81.9 cm³/mol. The van der Waals surface area contributed by atoms with Crippen molar-refractivity contribution in [3.63, 3.8) is 0 Å². The molecule has 4 nitrogen and oxygen atoms in total. The maximum Gasteiger partial charge on any atom is 0.240 e. The first-order chi connectivity index (χ1) is 9.40. The van der Waals surface area contributed by atoms with E-state index in [9.17, 15) is 8.42 Å². The van der Waals surface area contributed by atoms with Crippen LogP contribution >= 0.6 is 15.9 Å². The topological polar surface area (TPSA) is 59.1 Å². The molecule has 0 spiro atoms. The molecule has 0 radical (unpaired) electrons. The summed E-state index contributed by atoms with van der Waals surface area (Å²) < 4.78 is 27.9. The quantitative estimate of drug-likeness (QED) is 0.917. The minimum Gasteiger partial charge on any atom is -0.260 e. The number of benzene rings is 1. The molecule has 0 fully saturated rings. The Kier molecular flexibility index (Phi) is 4.57. The number of pyridine rings is 1. The van der Waals surface area contributed by atoms with Crippen LogP contribution in [0.4, 0.5) is 0 Å². The fraction of sp³-hybridized carbons (Fsp3) is 0.214. The van der Waals surface area contributed by atoms with Crippen molar-refractivity contribution in [3.05, 3.63) is 57.8 Å². The second-order valence-electron chi connectivity index (χ2n) is 4.50. The zero-order valence-electron chi connectivity index (χ0n) is 11.2. The smallest absolute Gasteiger partial charge is 0.240 e. The van der Waals surface area contributed by atoms with Gasteiger partial charge in [0.05, 0.1) is 17.1 Å². The lowest BCUT2D eigenvalue weighted by Crippen LogP contribution is -2.24. The summed E-state index contributed by atoms with van der Waals surface area (Å²) >= 11 is 3.36. The summed E-state index contributed by atoms with van der Waals surface area (Å²) in [6.07, 6.45) is 1.65. The Bertz CT molecular complexity index is 730. The zero-order valence-corrected chi connectivity index (χ0v) is 13.6. The SMILES string of the molecule is Cc1cc(S(=O)(=O)NCc2ncccc2C)ccc1Br. The molecule has 1 N–H and O–H groups in total. The fourth-order valence-electron chi connectivity index (χ4n) is 1.73. The Morgan fingerprint density at radius 2 is 1.95 bits per heavy atom. The molecule has 6 heteroatoms. The molecule has 0 bridgehead atoms. The molecule has 0 amide bonds. The second kappa shape index (κ2) is 6.03. The average Bonchev–Trinajstić information content (AvgIpc) is 2.41. The normalized spacial score (nSPS) is 11.6. The summed E-state index contributed by atoms with van der Waals surface area (Å²) in [6, 6.07) is 8.67. The van der Waals surface area contributed by atoms with Crippen molar-refractivity contribution < 1.29 is 8.42 Å². The lowest BCUT2D eigenvalue weighted by atomic mass is 10.2. The average molecular weight is 355 g/mol. The lowest BCUT2D eigenvalue weighted by Gasteiger charge is -2.09. The lowest BCUT2D eigenvalue weighted by molar-refractivity contribution is 0.580. The van der Waals surface area contributed by atoms with Crippen LogP contribution in [0.1, 0.15) is 16.8 Å². The molecule has 1 aromatic heterocycles. The number of sulfonamides is 1. The highest BCUT2D eigenvalue weighted by Crippen LogP contribution is 2.20. The van der Waals surface area contributed by atoms with Gasteiger partial charge < -0.3 is 0 Å². The van der Waals surface area contributed by atoms with Gasteiger partial charge in [0.25, 0.3) is 0 Å². The van der Waals surface area contributed by atoms with Crippen molar-refractivity contribution in [1.29, 1.82) is 0 Å². The van der Waals surface area contributed by atoms with Gasteiger partial charge >= 0.3 is 0 Å². The van der Waals surface area contributed by atoms with E-state index in [1.54, 1.807) is 24.4 Å². The highest BCUT2D eigenvalue weighted by molar-refractivity contribution is 9.10. The van der Waals surface area contributed by atoms with Gasteiger partial charge in [-0.3, -0.25) is 4.98 Å². The molecular formula is C14H15BrN2O2S. The monoisotopic (exact) mass is 354 g/mol. The van der Waals surface area contributed by atoms with Gasteiger partial charge in [0.1, 0.15) is 0 Å². The molecule has 0 aliphatic rings. The number of aromatic nitrogens is 1. The maximum atomic E-state index is 12.2. The molecule has 2 rings (SSSR count). The van der Waals surface area contributed by atoms with Gasteiger partial charge in [0.15, 0.2) is 0 Å². The minimum atomic E-state index is -3.53. The standard InChI is InChI=1S/C14H15BrN2O2S/c1-10-4-3-7-16-14(10)9-17-20(18,19)12-5-6-13(15)11(2)8-12/h3-8,17H,9H2,1-2H3. The van der Waals surface area contributed by atoms with E-state index in [4.69, 9.17) is 0 Å². The number of nitrogens with one attached hydrogen (secondary N) is 1. The van der Waals surface area contributed by atoms with E-state index in [2.05, 4.69) is 25.6 Å². The van der Waals surface area contributed by atoms with Crippen LogP contribution in [0.15, 0.2) is 45.9 Å². The maximum absolute atomic E-state index is 12.2. The van der Waals surface area contributed by atoms with Gasteiger partial charge in [-0.15, -0.1) is 0 Å². The van der Waals surface area contributed by atoms with Crippen molar-refractivity contribution in [1.82, 2.24) is 9.71 Å². The minimum absolute atomic E-state index is 0.185. The van der Waals surface area contributed by atoms with Gasteiger partial charge in [0.2, 0.25) is 10.0 Å². The largest absolute Gasteiger partial charge is 0.260 e. The Morgan fingerprint density at radius 1 is 1.20 bits per heavy atom. The Morgan fingerprint density at radius 3 is 2.60 bits per heavy atom. The number of nitrogens with zero attached hydrogens (tertiary/aromatic N) is 1. The van der Waals surface area contributed by atoms with Crippen LogP contribution in [0.3, 0.4) is 0 Å². The Hall–Kier alpha value is -1.24. The van der Waals surface area contributed by atoms with Crippen LogP contribution in [0.2, 0.25) is 0 Å². The van der Waals surface area contributed by atoms with Crippen LogP contribution in [-0.4, -0.2) is 13.4 Å². The number of hydrogen-bond acceptors (Lipinski definition) is 3. The van der Waals surface area contributed by atoms with E-state index in [1.807, 2.05) is 26.0 Å². The molecular weight excluding hydrogens is 340 g/mol. The highest BCUT2D eigenvalue weighted by atomic mass is 79.9. The van der Waals surface area contributed by atoms with Gasteiger partial charge in [-0.2, -0.15) is 0 Å². The summed E-state index contributed by atoms with van der Waals surface area (Å²) in [5.74, 6) is 0. The molecule has 0 aliphatic carbocycles. The van der Waals surface area contributed by atoms with Crippen LogP contribution < -0.4 is 4.72 Å². The third kappa shape index (κ3) is 3.45. The molecule has 106 valence electrons. The van der Waals surface area contributed by atoms with E-state index < -0.39 is 10.0 Å². The Balaban J connectivity index is 2.19. The van der Waals surface area contributed by atoms with Crippen LogP contribution in [0, 0.1) is 13.8 Å². The zero-order chi connectivity index (χ0) is 14.8. The molecule has 0 aliphatic heterocycles. The first-order valence-corrected chi connectivity index (χ1v) is 8.34. The number of aryl methyl sites for hydroxylation is 2. The fourth-order valence-corrected chi connectivity index (χ4v) is 3.05. The van der Waals surface area contributed by atoms with Gasteiger partial charge in [-0.1, -0.05) is 22.0 Å². The van der Waals surface area contributed by atoms with Gasteiger partial charge in [-0.05, 0) is 49.2 Å². The second-order valence-corrected chi connectivity index (χ2v) is 7.12. The summed E-state index contributed by atoms with van der Waals surface area (Å²) in [4.78, 5) is 4.43. The van der Waals surface area contributed by atoms with Gasteiger partial charge in [0, 0.05) is 10.7 Å². The molecule has 0 saturated carbocycles. The van der Waals surface area contributed by atoms with E-state index in [1.165, 1.54) is 0 Å². The van der Waals surface area contributed by atoms with Crippen LogP contribution in [0.25, 0.3) is 0 Å². The van der Waals surface area contributed by atoms with Gasteiger partial charge in [-0.25, -0.2) is 13.1 Å². The first-order valence-electron chi connectivity index (χ1n) is 6.06. The Labute approximate surface area is 127 Å². The van der Waals surface area contributed by atoms with Crippen molar-refractivity contribution >= 4 is 26.0 Å². The van der Waals surface area contributed by atoms with Crippen LogP contribution in [0.5, 0.6) is 0 Å². The number of halogens is 1. The molecule has 0 atom stereocenters. The molecule has 20 heavy (non-hydrogen) atoms. The van der Waals surface area contributed by atoms with Crippen molar-refractivity contribution in [2.75, 3.05) is 0 Å². The molecule has 1 heterocycles. The number of hydrogen-bond donors (Lipinski definition) is 1. The highest BCUT2D eigenvalue weighted by Gasteiger charge is 2.15. The third-order valence-corrected chi connectivity index (χ3v) is 5.28. The first kappa shape index (κ1) is 15.2. The molecule has 2 aromatic rings. The predicted octanol–water partition coefficient (Wildman–Crippen LogP) is 2.94. The van der Waals surface area contributed by atoms with E-state index in [0.29, 0.717) is 0 Å². The summed E-state index contributed by atoms with van der Waals surface area (Å²) in [5, 5.41) is 0. The molecule has 0 saturated heterocycles. The molecule has 1 aromatic carbocycles. The van der Waals surface area contributed by atoms with E-state index in [0.717, 1.165) is 21.3 Å². The molecule has 0 unspecified atom stereocenters. The third-order valence-electron chi connectivity index (χ3n) is 2.99.